The predicted octanol–water partition coefficient (Wildman–Crippen LogP) is 3.31. The number of nitrogens with zero attached hydrogens (tertiary/aromatic N) is 5. The number of likely N-dealkylation sites (tertiary alicyclic amines) is 1. The lowest BCUT2D eigenvalue weighted by Crippen LogP contribution is -2.54. The summed E-state index contributed by atoms with van der Waals surface area (Å²) >= 11 is 5.93. The summed E-state index contributed by atoms with van der Waals surface area (Å²) in [6.45, 7) is 6.71. The van der Waals surface area contributed by atoms with Crippen LogP contribution < -0.4 is 5.73 Å². The molecule has 2 atom stereocenters. The lowest BCUT2D eigenvalue weighted by Gasteiger charge is -2.46. The maximum atomic E-state index is 11.7. The Balaban J connectivity index is 1.98. The largest absolute Gasteiger partial charge is 0.465 e. The number of amides is 1. The van der Waals surface area contributed by atoms with Gasteiger partial charge >= 0.3 is 6.09 Å². The first-order valence-corrected chi connectivity index (χ1v) is 8.89. The lowest BCUT2D eigenvalue weighted by atomic mass is 9.78. The monoisotopic (exact) mass is 378 g/mol. The van der Waals surface area contributed by atoms with E-state index in [1.165, 1.54) is 4.90 Å². The average Bonchev–Trinajstić information content (AvgIpc) is 3.05. The molecule has 3 N–H and O–H groups in total. The standard InChI is InChI=1S/C17H23ClN6O2/c1-17(2,3)14-12(5-4-6-23(14)16(25)26)24-9-10(8-20-24)11-7-13(18)21-22-15(11)19/h7-9,12,14H,4-6H2,1-3H3,(H2,19,22)(H,25,26). The second kappa shape index (κ2) is 6.75. The summed E-state index contributed by atoms with van der Waals surface area (Å²) in [6, 6.07) is 1.41. The van der Waals surface area contributed by atoms with Gasteiger partial charge in [0.15, 0.2) is 11.0 Å². The number of carboxylic acid groups (broad SMARTS) is 1. The van der Waals surface area contributed by atoms with Crippen molar-refractivity contribution in [3.63, 3.8) is 0 Å². The summed E-state index contributed by atoms with van der Waals surface area (Å²) in [4.78, 5) is 13.3. The van der Waals surface area contributed by atoms with Crippen LogP contribution in [0.1, 0.15) is 39.7 Å². The molecule has 1 amide bonds. The summed E-state index contributed by atoms with van der Waals surface area (Å²) < 4.78 is 1.84. The molecule has 2 aromatic heterocycles. The van der Waals surface area contributed by atoms with Crippen LogP contribution in [0.4, 0.5) is 10.6 Å². The third-order valence-electron chi connectivity index (χ3n) is 4.78. The molecule has 0 bridgehead atoms. The molecule has 0 spiro atoms. The number of nitrogen functional groups attached to an aromatic ring is 1. The highest BCUT2D eigenvalue weighted by atomic mass is 35.5. The zero-order valence-corrected chi connectivity index (χ0v) is 15.8. The molecule has 0 aromatic carbocycles. The Morgan fingerprint density at radius 2 is 2.12 bits per heavy atom. The number of hydrogen-bond donors (Lipinski definition) is 2. The van der Waals surface area contributed by atoms with E-state index >= 15 is 0 Å². The van der Waals surface area contributed by atoms with E-state index in [4.69, 9.17) is 17.3 Å². The fourth-order valence-corrected chi connectivity index (χ4v) is 3.93. The van der Waals surface area contributed by atoms with Gasteiger partial charge in [-0.25, -0.2) is 4.79 Å². The van der Waals surface area contributed by atoms with Gasteiger partial charge < -0.3 is 15.7 Å². The van der Waals surface area contributed by atoms with Crippen molar-refractivity contribution >= 4 is 23.5 Å². The van der Waals surface area contributed by atoms with Crippen LogP contribution in [-0.4, -0.2) is 48.7 Å². The number of halogens is 1. The molecular formula is C17H23ClN6O2. The van der Waals surface area contributed by atoms with E-state index in [1.54, 1.807) is 12.3 Å². The van der Waals surface area contributed by atoms with Crippen molar-refractivity contribution < 1.29 is 9.90 Å². The Kier molecular flexibility index (Phi) is 4.79. The van der Waals surface area contributed by atoms with E-state index in [0.717, 1.165) is 18.4 Å². The summed E-state index contributed by atoms with van der Waals surface area (Å²) in [6.07, 6.45) is 4.33. The van der Waals surface area contributed by atoms with Crippen molar-refractivity contribution in [1.82, 2.24) is 24.9 Å². The summed E-state index contributed by atoms with van der Waals surface area (Å²) in [7, 11) is 0. The van der Waals surface area contributed by atoms with Gasteiger partial charge in [-0.3, -0.25) is 4.68 Å². The van der Waals surface area contributed by atoms with Crippen LogP contribution in [-0.2, 0) is 0 Å². The number of carbonyl (C=O) groups is 1. The molecule has 1 saturated heterocycles. The minimum Gasteiger partial charge on any atom is -0.465 e. The minimum absolute atomic E-state index is 0.0555. The van der Waals surface area contributed by atoms with Crippen LogP contribution in [0.3, 0.4) is 0 Å². The fourth-order valence-electron chi connectivity index (χ4n) is 3.78. The molecule has 1 fully saturated rings. The molecule has 140 valence electrons. The first-order chi connectivity index (χ1) is 12.2. The molecule has 3 heterocycles. The van der Waals surface area contributed by atoms with Gasteiger partial charge in [-0.15, -0.1) is 10.2 Å². The normalized spacial score (nSPS) is 21.0. The molecule has 1 aliphatic heterocycles. The van der Waals surface area contributed by atoms with Gasteiger partial charge in [0.25, 0.3) is 0 Å². The number of rotatable bonds is 2. The van der Waals surface area contributed by atoms with Gasteiger partial charge in [0.1, 0.15) is 0 Å². The molecule has 2 aromatic rings. The smallest absolute Gasteiger partial charge is 0.407 e. The van der Waals surface area contributed by atoms with Crippen LogP contribution in [0.2, 0.25) is 5.15 Å². The Labute approximate surface area is 157 Å². The van der Waals surface area contributed by atoms with Gasteiger partial charge in [0.05, 0.1) is 18.3 Å². The van der Waals surface area contributed by atoms with Gasteiger partial charge in [-0.2, -0.15) is 5.10 Å². The molecule has 8 nitrogen and oxygen atoms in total. The van der Waals surface area contributed by atoms with E-state index in [2.05, 4.69) is 36.1 Å². The van der Waals surface area contributed by atoms with Crippen molar-refractivity contribution in [3.8, 4) is 11.1 Å². The molecule has 3 rings (SSSR count). The van der Waals surface area contributed by atoms with E-state index in [-0.39, 0.29) is 28.5 Å². The molecule has 2 unspecified atom stereocenters. The van der Waals surface area contributed by atoms with Crippen LogP contribution in [0.5, 0.6) is 0 Å². The van der Waals surface area contributed by atoms with Gasteiger partial charge in [0.2, 0.25) is 0 Å². The number of hydrogen-bond acceptors (Lipinski definition) is 5. The lowest BCUT2D eigenvalue weighted by molar-refractivity contribution is 0.0236. The predicted molar refractivity (Wildman–Crippen MR) is 98.9 cm³/mol. The highest BCUT2D eigenvalue weighted by Crippen LogP contribution is 2.39. The number of piperidine rings is 1. The Morgan fingerprint density at radius 3 is 2.77 bits per heavy atom. The first kappa shape index (κ1) is 18.4. The quantitative estimate of drug-likeness (QED) is 0.829. The van der Waals surface area contributed by atoms with Gasteiger partial charge in [-0.05, 0) is 24.3 Å². The van der Waals surface area contributed by atoms with E-state index in [9.17, 15) is 9.90 Å². The molecule has 0 radical (unpaired) electrons. The molecule has 26 heavy (non-hydrogen) atoms. The van der Waals surface area contributed by atoms with E-state index in [1.807, 2.05) is 10.9 Å². The van der Waals surface area contributed by atoms with Crippen molar-refractivity contribution in [3.05, 3.63) is 23.6 Å². The molecule has 0 aliphatic carbocycles. The van der Waals surface area contributed by atoms with Crippen LogP contribution in [0.15, 0.2) is 18.5 Å². The maximum Gasteiger partial charge on any atom is 0.407 e. The summed E-state index contributed by atoms with van der Waals surface area (Å²) in [5.74, 6) is 0.275. The molecule has 1 aliphatic rings. The molecule has 9 heteroatoms. The van der Waals surface area contributed by atoms with Gasteiger partial charge in [0, 0.05) is 23.9 Å². The topological polar surface area (TPSA) is 110 Å². The van der Waals surface area contributed by atoms with E-state index < -0.39 is 6.09 Å². The third-order valence-corrected chi connectivity index (χ3v) is 4.96. The van der Waals surface area contributed by atoms with Crippen molar-refractivity contribution in [1.29, 1.82) is 0 Å². The van der Waals surface area contributed by atoms with Crippen LogP contribution in [0, 0.1) is 5.41 Å². The van der Waals surface area contributed by atoms with Crippen molar-refractivity contribution in [2.45, 2.75) is 45.7 Å². The van der Waals surface area contributed by atoms with Crippen molar-refractivity contribution in [2.24, 2.45) is 5.41 Å². The second-order valence-corrected chi connectivity index (χ2v) is 8.06. The molecular weight excluding hydrogens is 356 g/mol. The fraction of sp³-hybridized carbons (Fsp3) is 0.529. The third kappa shape index (κ3) is 3.46. The maximum absolute atomic E-state index is 11.7. The SMILES string of the molecule is CC(C)(C)C1C(n2cc(-c3cc(Cl)nnc3N)cn2)CCCN1C(=O)O. The average molecular weight is 379 g/mol. The van der Waals surface area contributed by atoms with Crippen molar-refractivity contribution in [2.75, 3.05) is 12.3 Å². The zero-order valence-electron chi connectivity index (χ0n) is 15.1. The molecule has 0 saturated carbocycles. The summed E-state index contributed by atoms with van der Waals surface area (Å²) in [5.41, 5.74) is 7.13. The van der Waals surface area contributed by atoms with Crippen LogP contribution >= 0.6 is 11.6 Å². The Hall–Kier alpha value is -2.35. The number of aromatic nitrogens is 4. The first-order valence-electron chi connectivity index (χ1n) is 8.51. The minimum atomic E-state index is -0.892. The Bertz CT molecular complexity index is 816. The van der Waals surface area contributed by atoms with Crippen LogP contribution in [0.25, 0.3) is 11.1 Å². The Morgan fingerprint density at radius 1 is 1.38 bits per heavy atom. The summed E-state index contributed by atoms with van der Waals surface area (Å²) in [5, 5.41) is 22.0. The highest BCUT2D eigenvalue weighted by Gasteiger charge is 2.43. The van der Waals surface area contributed by atoms with Gasteiger partial charge in [-0.1, -0.05) is 32.4 Å². The second-order valence-electron chi connectivity index (χ2n) is 7.67. The number of anilines is 1. The van der Waals surface area contributed by atoms with E-state index in [0.29, 0.717) is 12.1 Å². The zero-order chi connectivity index (χ0) is 19.1. The highest BCUT2D eigenvalue weighted by molar-refractivity contribution is 6.29. The number of nitrogens with two attached hydrogens (primary N) is 1.